The van der Waals surface area contributed by atoms with Crippen LogP contribution in [0.3, 0.4) is 0 Å². The Morgan fingerprint density at radius 2 is 1.79 bits per heavy atom. The van der Waals surface area contributed by atoms with Gasteiger partial charge >= 0.3 is 0 Å². The second kappa shape index (κ2) is 7.96. The lowest BCUT2D eigenvalue weighted by atomic mass is 9.86. The van der Waals surface area contributed by atoms with E-state index in [4.69, 9.17) is 9.26 Å². The van der Waals surface area contributed by atoms with E-state index >= 15 is 0 Å². The molecule has 0 radical (unpaired) electrons. The average molecular weight is 440 g/mol. The summed E-state index contributed by atoms with van der Waals surface area (Å²) < 4.78 is 11.5. The third-order valence-corrected chi connectivity index (χ3v) is 6.52. The number of hydrogen-bond acceptors (Lipinski definition) is 6. The average Bonchev–Trinajstić information content (AvgIpc) is 3.30. The van der Waals surface area contributed by atoms with E-state index in [9.17, 15) is 4.79 Å². The van der Waals surface area contributed by atoms with Gasteiger partial charge in [-0.1, -0.05) is 29.4 Å². The number of nitrogens with one attached hydrogen (secondary N) is 1. The number of benzene rings is 3. The van der Waals surface area contributed by atoms with Crippen LogP contribution >= 0.6 is 0 Å². The lowest BCUT2D eigenvalue weighted by Crippen LogP contribution is -2.29. The minimum Gasteiger partial charge on any atom is -0.494 e. The summed E-state index contributed by atoms with van der Waals surface area (Å²) in [5, 5.41) is 8.77. The molecule has 6 nitrogen and oxygen atoms in total. The molecule has 6 heteroatoms. The van der Waals surface area contributed by atoms with Crippen LogP contribution in [0.4, 0.5) is 17.1 Å². The predicted octanol–water partition coefficient (Wildman–Crippen LogP) is 6.17. The molecule has 0 saturated carbocycles. The molecule has 1 N–H and O–H groups in total. The van der Waals surface area contributed by atoms with E-state index < -0.39 is 0 Å². The molecule has 0 bridgehead atoms. The number of anilines is 3. The van der Waals surface area contributed by atoms with Crippen molar-refractivity contribution in [2.24, 2.45) is 0 Å². The molecule has 2 aliphatic rings. The van der Waals surface area contributed by atoms with Crippen molar-refractivity contribution in [1.29, 1.82) is 0 Å². The second-order valence-corrected chi connectivity index (χ2v) is 8.56. The van der Waals surface area contributed by atoms with Crippen LogP contribution in [0.1, 0.15) is 42.1 Å². The first-order valence-corrected chi connectivity index (χ1v) is 11.6. The molecule has 166 valence electrons. The monoisotopic (exact) mass is 439 g/mol. The number of carbonyl (C=O) groups excluding carboxylic acids is 1. The number of hydrogen-bond donors (Lipinski definition) is 1. The van der Waals surface area contributed by atoms with Crippen LogP contribution < -0.4 is 15.0 Å². The molecule has 1 aliphatic heterocycles. The first kappa shape index (κ1) is 19.9. The van der Waals surface area contributed by atoms with E-state index in [0.717, 1.165) is 65.2 Å². The zero-order valence-electron chi connectivity index (χ0n) is 18.6. The van der Waals surface area contributed by atoms with Gasteiger partial charge in [0.05, 0.1) is 28.9 Å². The molecule has 0 spiro atoms. The van der Waals surface area contributed by atoms with Crippen molar-refractivity contribution in [1.82, 2.24) is 5.16 Å². The number of rotatable bonds is 5. The van der Waals surface area contributed by atoms with Gasteiger partial charge in [-0.15, -0.1) is 0 Å². The topological polar surface area (TPSA) is 67.6 Å². The highest BCUT2D eigenvalue weighted by atomic mass is 16.5. The van der Waals surface area contributed by atoms with Crippen molar-refractivity contribution >= 4 is 33.7 Å². The van der Waals surface area contributed by atoms with Crippen LogP contribution in [-0.2, 0) is 0 Å². The highest BCUT2D eigenvalue weighted by Gasteiger charge is 2.33. The predicted molar refractivity (Wildman–Crippen MR) is 130 cm³/mol. The summed E-state index contributed by atoms with van der Waals surface area (Å²) in [5.74, 6) is 1.48. The highest BCUT2D eigenvalue weighted by molar-refractivity contribution is 6.28. The maximum absolute atomic E-state index is 13.7. The lowest BCUT2D eigenvalue weighted by Gasteiger charge is -2.30. The van der Waals surface area contributed by atoms with E-state index in [1.165, 1.54) is 6.42 Å². The fourth-order valence-electron chi connectivity index (χ4n) is 4.97. The molecule has 1 fully saturated rings. The molecule has 33 heavy (non-hydrogen) atoms. The Bertz CT molecular complexity index is 1350. The van der Waals surface area contributed by atoms with Gasteiger partial charge in [0.25, 0.3) is 0 Å². The first-order valence-electron chi connectivity index (χ1n) is 11.6. The molecule has 0 amide bonds. The molecule has 3 aromatic carbocycles. The SMILES string of the molecule is CCOc1ccc(Nc2cc(N3CCCCC3)c3noc4c3c2C(=O)c2ccccc2-4)cc1. The van der Waals surface area contributed by atoms with Crippen molar-refractivity contribution < 1.29 is 14.1 Å². The van der Waals surface area contributed by atoms with Gasteiger partial charge in [0, 0.05) is 29.9 Å². The third kappa shape index (κ3) is 3.25. The Morgan fingerprint density at radius 1 is 1.03 bits per heavy atom. The zero-order chi connectivity index (χ0) is 22.4. The van der Waals surface area contributed by atoms with E-state index in [1.54, 1.807) is 0 Å². The maximum Gasteiger partial charge on any atom is 0.196 e. The summed E-state index contributed by atoms with van der Waals surface area (Å²) in [6, 6.07) is 17.5. The number of ether oxygens (including phenoxy) is 1. The molecule has 0 atom stereocenters. The van der Waals surface area contributed by atoms with Crippen LogP contribution in [0.15, 0.2) is 59.1 Å². The number of fused-ring (bicyclic) bond motifs is 2. The third-order valence-electron chi connectivity index (χ3n) is 6.52. The van der Waals surface area contributed by atoms with Gasteiger partial charge in [0.1, 0.15) is 11.3 Å². The summed E-state index contributed by atoms with van der Waals surface area (Å²) in [4.78, 5) is 16.1. The Balaban J connectivity index is 1.54. The van der Waals surface area contributed by atoms with Crippen LogP contribution in [0.25, 0.3) is 22.2 Å². The number of piperidine rings is 1. The first-order chi connectivity index (χ1) is 16.2. The zero-order valence-corrected chi connectivity index (χ0v) is 18.6. The lowest BCUT2D eigenvalue weighted by molar-refractivity contribution is 0.104. The Morgan fingerprint density at radius 3 is 2.55 bits per heavy atom. The normalized spacial score (nSPS) is 14.9. The van der Waals surface area contributed by atoms with E-state index in [-0.39, 0.29) is 5.78 Å². The summed E-state index contributed by atoms with van der Waals surface area (Å²) >= 11 is 0. The van der Waals surface area contributed by atoms with Gasteiger partial charge in [-0.05, 0) is 56.5 Å². The van der Waals surface area contributed by atoms with Crippen LogP contribution in [0, 0.1) is 0 Å². The highest BCUT2D eigenvalue weighted by Crippen LogP contribution is 2.46. The minimum absolute atomic E-state index is 0.00932. The molecular weight excluding hydrogens is 414 g/mol. The van der Waals surface area contributed by atoms with Gasteiger partial charge in [-0.25, -0.2) is 0 Å². The molecule has 2 heterocycles. The summed E-state index contributed by atoms with van der Waals surface area (Å²) in [5.41, 5.74) is 5.52. The smallest absolute Gasteiger partial charge is 0.196 e. The van der Waals surface area contributed by atoms with Gasteiger partial charge in [-0.2, -0.15) is 0 Å². The Kier molecular flexibility index (Phi) is 4.79. The number of carbonyl (C=O) groups is 1. The minimum atomic E-state index is -0.00932. The molecular formula is C27H25N3O3. The molecule has 1 saturated heterocycles. The largest absolute Gasteiger partial charge is 0.494 e. The summed E-state index contributed by atoms with van der Waals surface area (Å²) in [7, 11) is 0. The molecule has 1 aromatic heterocycles. The van der Waals surface area contributed by atoms with Crippen molar-refractivity contribution in [3.05, 3.63) is 65.7 Å². The molecule has 1 aliphatic carbocycles. The fourth-order valence-corrected chi connectivity index (χ4v) is 4.97. The van der Waals surface area contributed by atoms with Crippen LogP contribution in [-0.4, -0.2) is 30.6 Å². The van der Waals surface area contributed by atoms with Crippen molar-refractivity contribution in [3.63, 3.8) is 0 Å². The second-order valence-electron chi connectivity index (χ2n) is 8.56. The number of nitrogens with zero attached hydrogens (tertiary/aromatic N) is 2. The van der Waals surface area contributed by atoms with E-state index in [2.05, 4.69) is 21.4 Å². The van der Waals surface area contributed by atoms with Gasteiger partial charge in [-0.3, -0.25) is 4.79 Å². The van der Waals surface area contributed by atoms with Crippen molar-refractivity contribution in [2.75, 3.05) is 29.9 Å². The van der Waals surface area contributed by atoms with Gasteiger partial charge in [0.2, 0.25) is 0 Å². The van der Waals surface area contributed by atoms with Crippen LogP contribution in [0.2, 0.25) is 0 Å². The number of aromatic nitrogens is 1. The molecule has 6 rings (SSSR count). The Hall–Kier alpha value is -3.80. The fraction of sp³-hybridized carbons (Fsp3) is 0.259. The standard InChI is InChI=1S/C27H25N3O3/c1-2-32-18-12-10-17(11-13-18)28-21-16-22(30-14-6-3-7-15-30)25-24-23(21)26(31)19-8-4-5-9-20(19)27(24)33-29-25/h4-5,8-13,16,28H,2-3,6-7,14-15H2,1H3. The maximum atomic E-state index is 13.7. The van der Waals surface area contributed by atoms with Crippen LogP contribution in [0.5, 0.6) is 5.75 Å². The van der Waals surface area contributed by atoms with Gasteiger partial charge in [0.15, 0.2) is 11.5 Å². The molecule has 0 unspecified atom stereocenters. The van der Waals surface area contributed by atoms with Crippen molar-refractivity contribution in [2.45, 2.75) is 26.2 Å². The number of ketones is 1. The summed E-state index contributed by atoms with van der Waals surface area (Å²) in [6.45, 7) is 4.54. The van der Waals surface area contributed by atoms with Gasteiger partial charge < -0.3 is 19.5 Å². The van der Waals surface area contributed by atoms with E-state index in [0.29, 0.717) is 23.5 Å². The van der Waals surface area contributed by atoms with Crippen molar-refractivity contribution in [3.8, 4) is 17.1 Å². The quantitative estimate of drug-likeness (QED) is 0.353. The molecule has 4 aromatic rings. The summed E-state index contributed by atoms with van der Waals surface area (Å²) in [6.07, 6.45) is 3.54. The Labute approximate surface area is 192 Å². The van der Waals surface area contributed by atoms with E-state index in [1.807, 2.05) is 55.5 Å².